The second kappa shape index (κ2) is 8.78. The first-order valence-corrected chi connectivity index (χ1v) is 12.5. The average Bonchev–Trinajstić information content (AvgIpc) is 3.30. The van der Waals surface area contributed by atoms with E-state index >= 15 is 0 Å². The van der Waals surface area contributed by atoms with Crippen molar-refractivity contribution in [2.75, 3.05) is 43.4 Å². The fourth-order valence-electron chi connectivity index (χ4n) is 5.83. The molecule has 4 heterocycles. The van der Waals surface area contributed by atoms with E-state index in [2.05, 4.69) is 27.1 Å². The summed E-state index contributed by atoms with van der Waals surface area (Å²) >= 11 is 0. The van der Waals surface area contributed by atoms with E-state index in [1.807, 2.05) is 18.7 Å². The van der Waals surface area contributed by atoms with Crippen molar-refractivity contribution in [3.8, 4) is 5.75 Å². The molecule has 3 aliphatic heterocycles. The van der Waals surface area contributed by atoms with Gasteiger partial charge in [0.1, 0.15) is 0 Å². The Morgan fingerprint density at radius 3 is 2.38 bits per heavy atom. The number of hydrogen-bond acceptors (Lipinski definition) is 7. The van der Waals surface area contributed by atoms with Crippen molar-refractivity contribution >= 4 is 17.7 Å². The van der Waals surface area contributed by atoms with Gasteiger partial charge in [0.25, 0.3) is 5.91 Å². The Labute approximate surface area is 191 Å². The number of ether oxygens (including phenoxy) is 1. The van der Waals surface area contributed by atoms with Crippen molar-refractivity contribution in [2.24, 2.45) is 0 Å². The van der Waals surface area contributed by atoms with Crippen LogP contribution in [0.15, 0.2) is 6.20 Å². The summed E-state index contributed by atoms with van der Waals surface area (Å²) < 4.78 is 6.00. The standard InChI is InChI=1S/C24H38N6O2/c1-24(2)22(31)30(19-6-4-5-7-19)21-20(32-24)16-25-23(27-21)26-17-8-14-29(15-9-17)18-10-12-28(3)13-11-18/h16-19H,4-15H2,1-3H3,(H,25,26,27). The molecule has 0 unspecified atom stereocenters. The Morgan fingerprint density at radius 2 is 1.69 bits per heavy atom. The fourth-order valence-corrected chi connectivity index (χ4v) is 5.83. The Balaban J connectivity index is 1.26. The van der Waals surface area contributed by atoms with Crippen LogP contribution in [0.1, 0.15) is 65.2 Å². The molecule has 4 aliphatic rings. The highest BCUT2D eigenvalue weighted by Crippen LogP contribution is 2.40. The van der Waals surface area contributed by atoms with Crippen molar-refractivity contribution in [1.29, 1.82) is 0 Å². The SMILES string of the molecule is CN1CCC(N2CCC(Nc3ncc4c(n3)N(C3CCCC3)C(=O)C(C)(C)O4)CC2)CC1. The molecule has 1 aromatic rings. The summed E-state index contributed by atoms with van der Waals surface area (Å²) in [6.45, 7) is 8.35. The molecule has 0 spiro atoms. The molecule has 8 nitrogen and oxygen atoms in total. The van der Waals surface area contributed by atoms with Gasteiger partial charge in [0.05, 0.1) is 6.20 Å². The number of fused-ring (bicyclic) bond motifs is 1. The summed E-state index contributed by atoms with van der Waals surface area (Å²) in [5.41, 5.74) is -0.880. The fraction of sp³-hybridized carbons (Fsp3) is 0.792. The van der Waals surface area contributed by atoms with E-state index in [0.29, 0.717) is 23.6 Å². The number of carbonyl (C=O) groups is 1. The molecule has 0 radical (unpaired) electrons. The van der Waals surface area contributed by atoms with E-state index in [1.54, 1.807) is 6.20 Å². The lowest BCUT2D eigenvalue weighted by atomic mass is 9.98. The molecule has 0 atom stereocenters. The molecular weight excluding hydrogens is 404 g/mol. The largest absolute Gasteiger partial charge is 0.472 e. The number of amides is 1. The Kier molecular flexibility index (Phi) is 6.01. The van der Waals surface area contributed by atoms with Crippen molar-refractivity contribution < 1.29 is 9.53 Å². The van der Waals surface area contributed by atoms with Gasteiger partial charge in [0, 0.05) is 31.2 Å². The zero-order chi connectivity index (χ0) is 22.3. The minimum atomic E-state index is -0.880. The van der Waals surface area contributed by atoms with Crippen LogP contribution in [-0.2, 0) is 4.79 Å². The number of piperidine rings is 2. The van der Waals surface area contributed by atoms with Gasteiger partial charge in [-0.1, -0.05) is 12.8 Å². The van der Waals surface area contributed by atoms with Crippen LogP contribution in [0.3, 0.4) is 0 Å². The van der Waals surface area contributed by atoms with Gasteiger partial charge in [-0.15, -0.1) is 0 Å². The molecule has 2 saturated heterocycles. The number of nitrogens with one attached hydrogen (secondary N) is 1. The van der Waals surface area contributed by atoms with Gasteiger partial charge in [-0.25, -0.2) is 4.98 Å². The number of anilines is 2. The first-order chi connectivity index (χ1) is 15.4. The molecular formula is C24H38N6O2. The molecule has 1 saturated carbocycles. The molecule has 8 heteroatoms. The van der Waals surface area contributed by atoms with Gasteiger partial charge in [0.2, 0.25) is 5.95 Å². The van der Waals surface area contributed by atoms with Crippen LogP contribution in [0.5, 0.6) is 5.75 Å². The number of nitrogens with zero attached hydrogens (tertiary/aromatic N) is 5. The second-order valence-corrected chi connectivity index (χ2v) is 10.6. The first kappa shape index (κ1) is 21.9. The minimum absolute atomic E-state index is 0.00739. The van der Waals surface area contributed by atoms with Crippen LogP contribution < -0.4 is 15.0 Å². The maximum atomic E-state index is 13.2. The zero-order valence-electron chi connectivity index (χ0n) is 19.8. The quantitative estimate of drug-likeness (QED) is 0.769. The average molecular weight is 443 g/mol. The monoisotopic (exact) mass is 442 g/mol. The summed E-state index contributed by atoms with van der Waals surface area (Å²) in [5, 5.41) is 3.56. The van der Waals surface area contributed by atoms with Crippen molar-refractivity contribution in [3.63, 3.8) is 0 Å². The predicted molar refractivity (Wildman–Crippen MR) is 125 cm³/mol. The number of hydrogen-bond donors (Lipinski definition) is 1. The predicted octanol–water partition coefficient (Wildman–Crippen LogP) is 2.89. The third-order valence-electron chi connectivity index (χ3n) is 7.82. The number of aromatic nitrogens is 2. The molecule has 1 amide bonds. The summed E-state index contributed by atoms with van der Waals surface area (Å²) in [6.07, 6.45) is 10.9. The molecule has 3 fully saturated rings. The van der Waals surface area contributed by atoms with Crippen LogP contribution in [0, 0.1) is 0 Å². The molecule has 1 aliphatic carbocycles. The van der Waals surface area contributed by atoms with Crippen LogP contribution in [-0.4, -0.2) is 82.6 Å². The minimum Gasteiger partial charge on any atom is -0.472 e. The first-order valence-electron chi connectivity index (χ1n) is 12.5. The van der Waals surface area contributed by atoms with E-state index in [-0.39, 0.29) is 11.9 Å². The molecule has 176 valence electrons. The molecule has 5 rings (SSSR count). The van der Waals surface area contributed by atoms with Crippen molar-refractivity contribution in [1.82, 2.24) is 19.8 Å². The third-order valence-corrected chi connectivity index (χ3v) is 7.82. The summed E-state index contributed by atoms with van der Waals surface area (Å²) in [7, 11) is 2.22. The molecule has 0 aromatic carbocycles. The Bertz CT molecular complexity index is 824. The molecule has 1 N–H and O–H groups in total. The summed E-state index contributed by atoms with van der Waals surface area (Å²) in [5.74, 6) is 1.88. The van der Waals surface area contributed by atoms with E-state index in [4.69, 9.17) is 9.72 Å². The Hall–Kier alpha value is -1.93. The van der Waals surface area contributed by atoms with E-state index in [9.17, 15) is 4.79 Å². The van der Waals surface area contributed by atoms with Crippen LogP contribution >= 0.6 is 0 Å². The van der Waals surface area contributed by atoms with Gasteiger partial charge in [-0.2, -0.15) is 4.98 Å². The van der Waals surface area contributed by atoms with E-state index in [0.717, 1.165) is 57.7 Å². The van der Waals surface area contributed by atoms with Gasteiger partial charge in [-0.3, -0.25) is 9.69 Å². The lowest BCUT2D eigenvalue weighted by Crippen LogP contribution is -2.56. The van der Waals surface area contributed by atoms with Crippen LogP contribution in [0.4, 0.5) is 11.8 Å². The maximum absolute atomic E-state index is 13.2. The number of rotatable bonds is 4. The smallest absolute Gasteiger partial charge is 0.272 e. The van der Waals surface area contributed by atoms with Gasteiger partial charge in [0.15, 0.2) is 17.2 Å². The lowest BCUT2D eigenvalue weighted by Gasteiger charge is -2.41. The summed E-state index contributed by atoms with van der Waals surface area (Å²) in [4.78, 5) is 29.6. The molecule has 32 heavy (non-hydrogen) atoms. The number of carbonyl (C=O) groups excluding carboxylic acids is 1. The van der Waals surface area contributed by atoms with Crippen LogP contribution in [0.25, 0.3) is 0 Å². The van der Waals surface area contributed by atoms with Gasteiger partial charge >= 0.3 is 0 Å². The van der Waals surface area contributed by atoms with Crippen molar-refractivity contribution in [2.45, 2.75) is 88.9 Å². The third kappa shape index (κ3) is 4.31. The number of likely N-dealkylation sites (tertiary alicyclic amines) is 2. The van der Waals surface area contributed by atoms with Crippen molar-refractivity contribution in [3.05, 3.63) is 6.20 Å². The van der Waals surface area contributed by atoms with Crippen LogP contribution in [0.2, 0.25) is 0 Å². The molecule has 1 aromatic heterocycles. The summed E-state index contributed by atoms with van der Waals surface area (Å²) in [6, 6.07) is 1.32. The van der Waals surface area contributed by atoms with E-state index < -0.39 is 5.60 Å². The zero-order valence-corrected chi connectivity index (χ0v) is 19.8. The Morgan fingerprint density at radius 1 is 1.00 bits per heavy atom. The molecule has 0 bridgehead atoms. The highest BCUT2D eigenvalue weighted by molar-refractivity contribution is 6.02. The lowest BCUT2D eigenvalue weighted by molar-refractivity contribution is -0.133. The second-order valence-electron chi connectivity index (χ2n) is 10.6. The van der Waals surface area contributed by atoms with Gasteiger partial charge in [-0.05, 0) is 72.5 Å². The topological polar surface area (TPSA) is 73.8 Å². The van der Waals surface area contributed by atoms with Gasteiger partial charge < -0.3 is 19.9 Å². The normalized spacial score (nSPS) is 26.2. The highest BCUT2D eigenvalue weighted by Gasteiger charge is 2.45. The van der Waals surface area contributed by atoms with E-state index in [1.165, 1.54) is 25.9 Å². The highest BCUT2D eigenvalue weighted by atomic mass is 16.5. The maximum Gasteiger partial charge on any atom is 0.272 e.